The lowest BCUT2D eigenvalue weighted by Crippen LogP contribution is -2.48. The molecule has 1 amide bonds. The number of hydrogen-bond acceptors (Lipinski definition) is 6. The van der Waals surface area contributed by atoms with E-state index in [1.54, 1.807) is 19.2 Å². The van der Waals surface area contributed by atoms with Crippen molar-refractivity contribution in [2.24, 2.45) is 0 Å². The van der Waals surface area contributed by atoms with Gasteiger partial charge in [-0.3, -0.25) is 9.59 Å². The molecule has 3 aliphatic rings. The largest absolute Gasteiger partial charge is 0.496 e. The lowest BCUT2D eigenvalue weighted by Gasteiger charge is -2.29. The number of benzene rings is 2. The van der Waals surface area contributed by atoms with Crippen LogP contribution in [0, 0.1) is 5.82 Å². The number of halogens is 1. The van der Waals surface area contributed by atoms with Gasteiger partial charge in [0.25, 0.3) is 5.91 Å². The third-order valence-electron chi connectivity index (χ3n) is 7.98. The number of methoxy groups -OCH3 is 1. The van der Waals surface area contributed by atoms with Crippen LogP contribution in [-0.2, 0) is 28.7 Å². The SMILES string of the molecule is COc1c(C(=O)N[C@H]2CCOC[C@@H]2O)cc(Cc2ccc(C(=O)CC[C@@H]3CCCO3)c(F)c2)c2c1CCC2. The van der Waals surface area contributed by atoms with Gasteiger partial charge in [0.15, 0.2) is 5.78 Å². The molecule has 2 fully saturated rings. The fourth-order valence-corrected chi connectivity index (χ4v) is 5.95. The number of carbonyl (C=O) groups is 2. The molecule has 0 saturated carbocycles. The molecule has 38 heavy (non-hydrogen) atoms. The summed E-state index contributed by atoms with van der Waals surface area (Å²) in [6.07, 6.45) is 5.79. The topological polar surface area (TPSA) is 94.1 Å². The van der Waals surface area contributed by atoms with Crippen molar-refractivity contribution in [3.8, 4) is 5.75 Å². The average Bonchev–Trinajstić information content (AvgIpc) is 3.61. The zero-order valence-electron chi connectivity index (χ0n) is 21.9. The summed E-state index contributed by atoms with van der Waals surface area (Å²) in [6.45, 7) is 1.40. The number of ether oxygens (including phenoxy) is 3. The van der Waals surface area contributed by atoms with E-state index in [1.165, 1.54) is 6.07 Å². The molecule has 2 aromatic carbocycles. The van der Waals surface area contributed by atoms with Gasteiger partial charge in [-0.2, -0.15) is 0 Å². The minimum absolute atomic E-state index is 0.0968. The Morgan fingerprint density at radius 3 is 2.68 bits per heavy atom. The van der Waals surface area contributed by atoms with Gasteiger partial charge in [-0.15, -0.1) is 0 Å². The van der Waals surface area contributed by atoms with Crippen LogP contribution in [0.5, 0.6) is 5.75 Å². The highest BCUT2D eigenvalue weighted by Gasteiger charge is 2.30. The van der Waals surface area contributed by atoms with E-state index in [1.807, 2.05) is 6.07 Å². The molecule has 204 valence electrons. The number of nitrogens with one attached hydrogen (secondary N) is 1. The third-order valence-corrected chi connectivity index (χ3v) is 7.98. The second kappa shape index (κ2) is 11.9. The Bertz CT molecular complexity index is 1190. The number of hydrogen-bond donors (Lipinski definition) is 2. The van der Waals surface area contributed by atoms with Crippen LogP contribution in [0.3, 0.4) is 0 Å². The predicted octanol–water partition coefficient (Wildman–Crippen LogP) is 3.94. The summed E-state index contributed by atoms with van der Waals surface area (Å²) in [5.74, 6) is -0.457. The molecule has 3 atom stereocenters. The predicted molar refractivity (Wildman–Crippen MR) is 139 cm³/mol. The molecule has 5 rings (SSSR count). The Kier molecular flexibility index (Phi) is 8.41. The van der Waals surface area contributed by atoms with Crippen LogP contribution in [0.2, 0.25) is 0 Å². The van der Waals surface area contributed by atoms with Crippen LogP contribution in [0.4, 0.5) is 4.39 Å². The standard InChI is InChI=1S/C30H36FNO6/c1-36-29-22-6-2-5-21(22)19(16-24(29)30(35)32-26-11-13-37-17-28(26)34)14-18-7-9-23(25(31)15-18)27(33)10-8-20-4-3-12-38-20/h7,9,15-16,20,26,28,34H,2-6,8,10-14,17H2,1H3,(H,32,35)/t20-,26-,28-/m0/s1. The monoisotopic (exact) mass is 525 g/mol. The summed E-state index contributed by atoms with van der Waals surface area (Å²) in [4.78, 5) is 26.0. The Morgan fingerprint density at radius 1 is 1.11 bits per heavy atom. The first kappa shape index (κ1) is 26.8. The number of rotatable bonds is 9. The molecule has 2 aliphatic heterocycles. The van der Waals surface area contributed by atoms with Gasteiger partial charge in [-0.1, -0.05) is 6.07 Å². The van der Waals surface area contributed by atoms with Crippen molar-refractivity contribution >= 4 is 11.7 Å². The Hall–Kier alpha value is -2.81. The molecule has 0 bridgehead atoms. The number of amides is 1. The van der Waals surface area contributed by atoms with Crippen LogP contribution in [0.25, 0.3) is 0 Å². The highest BCUT2D eigenvalue weighted by molar-refractivity contribution is 5.98. The van der Waals surface area contributed by atoms with Gasteiger partial charge in [0, 0.05) is 19.6 Å². The number of carbonyl (C=O) groups excluding carboxylic acids is 2. The van der Waals surface area contributed by atoms with E-state index in [-0.39, 0.29) is 36.4 Å². The molecule has 0 aromatic heterocycles. The molecule has 2 aromatic rings. The fraction of sp³-hybridized carbons (Fsp3) is 0.533. The lowest BCUT2D eigenvalue weighted by molar-refractivity contribution is -0.0261. The van der Waals surface area contributed by atoms with E-state index in [0.717, 1.165) is 61.0 Å². The van der Waals surface area contributed by atoms with Crippen molar-refractivity contribution in [3.63, 3.8) is 0 Å². The van der Waals surface area contributed by atoms with Crippen molar-refractivity contribution in [1.82, 2.24) is 5.32 Å². The summed E-state index contributed by atoms with van der Waals surface area (Å²) >= 11 is 0. The van der Waals surface area contributed by atoms with Gasteiger partial charge in [0.05, 0.1) is 43.1 Å². The minimum atomic E-state index is -0.762. The van der Waals surface area contributed by atoms with E-state index >= 15 is 4.39 Å². The molecule has 2 heterocycles. The lowest BCUT2D eigenvalue weighted by atomic mass is 9.92. The molecule has 7 nitrogen and oxygen atoms in total. The van der Waals surface area contributed by atoms with Crippen molar-refractivity contribution in [1.29, 1.82) is 0 Å². The van der Waals surface area contributed by atoms with Crippen molar-refractivity contribution in [2.45, 2.75) is 76.0 Å². The van der Waals surface area contributed by atoms with E-state index in [0.29, 0.717) is 37.2 Å². The van der Waals surface area contributed by atoms with E-state index in [9.17, 15) is 14.7 Å². The third kappa shape index (κ3) is 5.77. The maximum absolute atomic E-state index is 15.0. The number of ketones is 1. The molecular weight excluding hydrogens is 489 g/mol. The fourth-order valence-electron chi connectivity index (χ4n) is 5.95. The maximum Gasteiger partial charge on any atom is 0.255 e. The van der Waals surface area contributed by atoms with Crippen molar-refractivity contribution in [3.05, 3.63) is 63.5 Å². The first-order chi connectivity index (χ1) is 18.4. The van der Waals surface area contributed by atoms with Crippen molar-refractivity contribution < 1.29 is 33.3 Å². The average molecular weight is 526 g/mol. The molecule has 0 radical (unpaired) electrons. The van der Waals surface area contributed by atoms with Gasteiger partial charge < -0.3 is 24.6 Å². The number of fused-ring (bicyclic) bond motifs is 1. The Morgan fingerprint density at radius 2 is 1.95 bits per heavy atom. The normalized spacial score (nSPS) is 22.8. The van der Waals surface area contributed by atoms with Gasteiger partial charge in [0.1, 0.15) is 11.6 Å². The zero-order chi connectivity index (χ0) is 26.6. The highest BCUT2D eigenvalue weighted by Crippen LogP contribution is 2.37. The quantitative estimate of drug-likeness (QED) is 0.482. The second-order valence-corrected chi connectivity index (χ2v) is 10.5. The highest BCUT2D eigenvalue weighted by atomic mass is 19.1. The van der Waals surface area contributed by atoms with Crippen LogP contribution >= 0.6 is 0 Å². The smallest absolute Gasteiger partial charge is 0.255 e. The first-order valence-electron chi connectivity index (χ1n) is 13.7. The molecule has 8 heteroatoms. The maximum atomic E-state index is 15.0. The van der Waals surface area contributed by atoms with Gasteiger partial charge in [0.2, 0.25) is 0 Å². The minimum Gasteiger partial charge on any atom is -0.496 e. The molecule has 2 saturated heterocycles. The van der Waals surface area contributed by atoms with Gasteiger partial charge in [-0.05, 0) is 91.8 Å². The molecule has 2 N–H and O–H groups in total. The first-order valence-corrected chi connectivity index (χ1v) is 13.7. The summed E-state index contributed by atoms with van der Waals surface area (Å²) in [7, 11) is 1.57. The number of aliphatic hydroxyl groups excluding tert-OH is 1. The summed E-state index contributed by atoms with van der Waals surface area (Å²) in [5, 5.41) is 13.2. The van der Waals surface area contributed by atoms with Gasteiger partial charge in [-0.25, -0.2) is 4.39 Å². The summed E-state index contributed by atoms with van der Waals surface area (Å²) in [6, 6.07) is 6.25. The molecule has 1 aliphatic carbocycles. The van der Waals surface area contributed by atoms with Crippen LogP contribution in [0.1, 0.15) is 81.5 Å². The Balaban J connectivity index is 1.35. The number of aliphatic hydroxyl groups is 1. The zero-order valence-corrected chi connectivity index (χ0v) is 21.9. The number of Topliss-reactive ketones (excluding diaryl/α,β-unsaturated/α-hetero) is 1. The van der Waals surface area contributed by atoms with Crippen LogP contribution < -0.4 is 10.1 Å². The summed E-state index contributed by atoms with van der Waals surface area (Å²) in [5.41, 5.74) is 4.38. The molecule has 0 unspecified atom stereocenters. The van der Waals surface area contributed by atoms with E-state index in [2.05, 4.69) is 5.32 Å². The van der Waals surface area contributed by atoms with Crippen LogP contribution in [0.15, 0.2) is 24.3 Å². The Labute approximate surface area is 222 Å². The molecule has 0 spiro atoms. The summed E-state index contributed by atoms with van der Waals surface area (Å²) < 4.78 is 31.6. The van der Waals surface area contributed by atoms with Crippen LogP contribution in [-0.4, -0.2) is 62.0 Å². The van der Waals surface area contributed by atoms with Crippen molar-refractivity contribution in [2.75, 3.05) is 26.9 Å². The second-order valence-electron chi connectivity index (χ2n) is 10.5. The molecular formula is C30H36FNO6. The van der Waals surface area contributed by atoms with Gasteiger partial charge >= 0.3 is 0 Å². The van der Waals surface area contributed by atoms with E-state index in [4.69, 9.17) is 14.2 Å². The van der Waals surface area contributed by atoms with E-state index < -0.39 is 18.0 Å².